The normalized spacial score (nSPS) is 37.5. The van der Waals surface area contributed by atoms with Gasteiger partial charge in [0.05, 0.1) is 6.10 Å². The van der Waals surface area contributed by atoms with Crippen LogP contribution in [0.2, 0.25) is 0 Å². The van der Waals surface area contributed by atoms with Gasteiger partial charge in [0.2, 0.25) is 0 Å². The topological polar surface area (TPSA) is 69.9 Å². The van der Waals surface area contributed by atoms with Crippen LogP contribution in [-0.2, 0) is 4.74 Å². The molecule has 3 saturated carbocycles. The summed E-state index contributed by atoms with van der Waals surface area (Å²) in [6.07, 6.45) is 13.4. The van der Waals surface area contributed by atoms with E-state index in [4.69, 9.17) is 9.84 Å². The summed E-state index contributed by atoms with van der Waals surface area (Å²) < 4.78 is 5.64. The minimum absolute atomic E-state index is 0.0379. The smallest absolute Gasteiger partial charge is 0.114 e. The number of aliphatic hydroxyl groups excluding tert-OH is 3. The fourth-order valence-corrected chi connectivity index (χ4v) is 7.20. The van der Waals surface area contributed by atoms with Crippen molar-refractivity contribution in [2.75, 3.05) is 13.2 Å². The molecule has 4 nitrogen and oxygen atoms in total. The van der Waals surface area contributed by atoms with Crippen molar-refractivity contribution in [2.45, 2.75) is 110 Å². The van der Waals surface area contributed by atoms with Crippen molar-refractivity contribution in [3.05, 3.63) is 35.5 Å². The molecule has 34 heavy (non-hydrogen) atoms. The lowest BCUT2D eigenvalue weighted by Gasteiger charge is -2.44. The zero-order chi connectivity index (χ0) is 24.9. The summed E-state index contributed by atoms with van der Waals surface area (Å²) in [5.74, 6) is 3.05. The largest absolute Gasteiger partial charge is 0.396 e. The summed E-state index contributed by atoms with van der Waals surface area (Å²) in [5, 5.41) is 30.3. The van der Waals surface area contributed by atoms with E-state index in [1.54, 1.807) is 5.57 Å². The molecule has 0 aromatic heterocycles. The zero-order valence-corrected chi connectivity index (χ0v) is 22.1. The molecule has 0 aliphatic heterocycles. The first-order chi connectivity index (χ1) is 16.2. The van der Waals surface area contributed by atoms with E-state index in [1.165, 1.54) is 44.9 Å². The van der Waals surface area contributed by atoms with Crippen LogP contribution >= 0.6 is 0 Å². The number of aliphatic hydroxyl groups is 3. The van der Waals surface area contributed by atoms with Gasteiger partial charge in [-0.3, -0.25) is 0 Å². The monoisotopic (exact) mass is 474 g/mol. The van der Waals surface area contributed by atoms with E-state index in [1.807, 2.05) is 0 Å². The molecule has 0 heterocycles. The molecule has 3 fully saturated rings. The molecule has 0 aromatic carbocycles. The third kappa shape index (κ3) is 6.24. The van der Waals surface area contributed by atoms with Crippen molar-refractivity contribution in [1.29, 1.82) is 0 Å². The highest BCUT2D eigenvalue weighted by Crippen LogP contribution is 2.60. The molecule has 3 N–H and O–H groups in total. The second-order valence-electron chi connectivity index (χ2n) is 12.0. The van der Waals surface area contributed by atoms with Gasteiger partial charge in [-0.05, 0) is 78.8 Å². The Balaban J connectivity index is 1.68. The lowest BCUT2D eigenvalue weighted by atomic mass is 9.60. The lowest BCUT2D eigenvalue weighted by Crippen LogP contribution is -2.45. The van der Waals surface area contributed by atoms with E-state index in [-0.39, 0.29) is 6.61 Å². The molecule has 3 rings (SSSR count). The van der Waals surface area contributed by atoms with Crippen molar-refractivity contribution < 1.29 is 20.1 Å². The maximum absolute atomic E-state index is 10.7. The average molecular weight is 475 g/mol. The summed E-state index contributed by atoms with van der Waals surface area (Å²) in [5.41, 5.74) is 3.53. The third-order valence-corrected chi connectivity index (χ3v) is 9.17. The van der Waals surface area contributed by atoms with Gasteiger partial charge in [0.15, 0.2) is 0 Å². The highest BCUT2D eigenvalue weighted by atomic mass is 16.5. The fraction of sp³-hybridized carbons (Fsp3) is 0.800. The predicted molar refractivity (Wildman–Crippen MR) is 139 cm³/mol. The number of hydrogen-bond acceptors (Lipinski definition) is 4. The van der Waals surface area contributed by atoms with Crippen molar-refractivity contribution in [3.8, 4) is 0 Å². The van der Waals surface area contributed by atoms with Gasteiger partial charge in [0.25, 0.3) is 0 Å². The van der Waals surface area contributed by atoms with Crippen LogP contribution in [0.3, 0.4) is 0 Å². The molecule has 0 amide bonds. The van der Waals surface area contributed by atoms with Crippen LogP contribution in [0.1, 0.15) is 91.9 Å². The first-order valence-corrected chi connectivity index (χ1v) is 13.9. The second-order valence-corrected chi connectivity index (χ2v) is 12.0. The summed E-state index contributed by atoms with van der Waals surface area (Å²) in [6, 6.07) is 0. The lowest BCUT2D eigenvalue weighted by molar-refractivity contribution is -0.0968. The molecular weight excluding hydrogens is 424 g/mol. The Bertz CT molecular complexity index is 738. The standard InChI is InChI=1S/C30H50O4/c1-20(2)9-6-10-21(3)25-14-15-26-23(11-7-16-30(25,26)5)12-13-24-19-27(32)29(28(33)22(24)4)34-18-8-17-31/h12-13,20-21,25-29,31-33H,4,6-11,14-19H2,1-3,5H3/b23-12?,24-13-/t21-,25-,26?,27-,28+,29+,30-/m1/s1. The SMILES string of the molecule is C=C1/C(=C\C=C2CCC[C@@]3(C)C2CC[C@@H]3[C@H](C)CCCC(C)C)C[C@@H](O)[C@H](OCCCO)[C@H]1O. The Kier molecular flexibility index (Phi) is 10.0. The van der Waals surface area contributed by atoms with Gasteiger partial charge >= 0.3 is 0 Å². The number of allylic oxidation sites excluding steroid dienone is 3. The highest BCUT2D eigenvalue weighted by Gasteiger charge is 2.50. The van der Waals surface area contributed by atoms with Crippen molar-refractivity contribution in [3.63, 3.8) is 0 Å². The van der Waals surface area contributed by atoms with Gasteiger partial charge in [-0.1, -0.05) is 71.3 Å². The number of rotatable bonds is 10. The van der Waals surface area contributed by atoms with Gasteiger partial charge in [-0.25, -0.2) is 0 Å². The Labute approximate surface area is 208 Å². The maximum atomic E-state index is 10.7. The summed E-state index contributed by atoms with van der Waals surface area (Å²) in [7, 11) is 0. The van der Waals surface area contributed by atoms with E-state index in [9.17, 15) is 10.2 Å². The van der Waals surface area contributed by atoms with Gasteiger partial charge in [-0.15, -0.1) is 0 Å². The van der Waals surface area contributed by atoms with Gasteiger partial charge < -0.3 is 20.1 Å². The maximum Gasteiger partial charge on any atom is 0.114 e. The molecule has 0 radical (unpaired) electrons. The van der Waals surface area contributed by atoms with E-state index in [0.717, 1.165) is 29.7 Å². The Hall–Kier alpha value is -0.940. The van der Waals surface area contributed by atoms with E-state index >= 15 is 0 Å². The molecule has 7 atom stereocenters. The van der Waals surface area contributed by atoms with Crippen LogP contribution in [0.25, 0.3) is 0 Å². The molecular formula is C30H50O4. The number of hydrogen-bond donors (Lipinski definition) is 3. The molecule has 3 aliphatic carbocycles. The molecule has 1 unspecified atom stereocenters. The van der Waals surface area contributed by atoms with Crippen LogP contribution in [0.5, 0.6) is 0 Å². The molecule has 194 valence electrons. The first kappa shape index (κ1) is 27.6. The molecule has 0 spiro atoms. The zero-order valence-electron chi connectivity index (χ0n) is 22.1. The van der Waals surface area contributed by atoms with E-state index < -0.39 is 18.3 Å². The molecule has 0 aromatic rings. The fourth-order valence-electron chi connectivity index (χ4n) is 7.20. The van der Waals surface area contributed by atoms with Crippen LogP contribution < -0.4 is 0 Å². The number of ether oxygens (including phenoxy) is 1. The van der Waals surface area contributed by atoms with Gasteiger partial charge in [0, 0.05) is 19.6 Å². The Morgan fingerprint density at radius 3 is 2.59 bits per heavy atom. The Morgan fingerprint density at radius 1 is 1.12 bits per heavy atom. The van der Waals surface area contributed by atoms with E-state index in [2.05, 4.69) is 46.4 Å². The van der Waals surface area contributed by atoms with Crippen molar-refractivity contribution in [2.24, 2.45) is 29.1 Å². The average Bonchev–Trinajstić information content (AvgIpc) is 3.15. The van der Waals surface area contributed by atoms with Crippen LogP contribution in [0.4, 0.5) is 0 Å². The Morgan fingerprint density at radius 2 is 1.88 bits per heavy atom. The van der Waals surface area contributed by atoms with Crippen LogP contribution in [-0.4, -0.2) is 46.8 Å². The highest BCUT2D eigenvalue weighted by molar-refractivity contribution is 5.40. The van der Waals surface area contributed by atoms with Crippen molar-refractivity contribution in [1.82, 2.24) is 0 Å². The van der Waals surface area contributed by atoms with Crippen molar-refractivity contribution >= 4 is 0 Å². The summed E-state index contributed by atoms with van der Waals surface area (Å²) >= 11 is 0. The molecule has 0 saturated heterocycles. The second kappa shape index (κ2) is 12.3. The first-order valence-electron chi connectivity index (χ1n) is 13.9. The minimum Gasteiger partial charge on any atom is -0.396 e. The quantitative estimate of drug-likeness (QED) is 0.341. The third-order valence-electron chi connectivity index (χ3n) is 9.17. The van der Waals surface area contributed by atoms with Gasteiger partial charge in [-0.2, -0.15) is 0 Å². The summed E-state index contributed by atoms with van der Waals surface area (Å²) in [6.45, 7) is 14.2. The number of fused-ring (bicyclic) bond motifs is 1. The van der Waals surface area contributed by atoms with Crippen LogP contribution in [0, 0.1) is 29.1 Å². The minimum atomic E-state index is -0.911. The van der Waals surface area contributed by atoms with E-state index in [0.29, 0.717) is 36.4 Å². The predicted octanol–water partition coefficient (Wildman–Crippen LogP) is 5.97. The molecule has 0 bridgehead atoms. The van der Waals surface area contributed by atoms with Crippen LogP contribution in [0.15, 0.2) is 35.5 Å². The van der Waals surface area contributed by atoms with Gasteiger partial charge in [0.1, 0.15) is 12.2 Å². The molecule has 4 heteroatoms. The summed E-state index contributed by atoms with van der Waals surface area (Å²) in [4.78, 5) is 0. The molecule has 3 aliphatic rings.